The van der Waals surface area contributed by atoms with E-state index >= 15 is 0 Å². The molecule has 226 valence electrons. The third-order valence-corrected chi connectivity index (χ3v) is 11.9. The zero-order valence-electron chi connectivity index (χ0n) is 26.8. The summed E-state index contributed by atoms with van der Waals surface area (Å²) in [6.07, 6.45) is 4.58. The van der Waals surface area contributed by atoms with Gasteiger partial charge in [0.25, 0.3) is 0 Å². The highest BCUT2D eigenvalue weighted by atomic mass is 32.1. The van der Waals surface area contributed by atoms with Gasteiger partial charge in [0.05, 0.1) is 0 Å². The quantitative estimate of drug-likeness (QED) is 0.125. The number of fused-ring (bicyclic) bond motifs is 5. The number of benzene rings is 2. The average Bonchev–Trinajstić information content (AvgIpc) is 3.84. The Balaban J connectivity index is 1.28. The Morgan fingerprint density at radius 2 is 1.11 bits per heavy atom. The van der Waals surface area contributed by atoms with Gasteiger partial charge in [0, 0.05) is 26.0 Å². The molecule has 0 N–H and O–H groups in total. The zero-order valence-corrected chi connectivity index (χ0v) is 28.4. The Morgan fingerprint density at radius 1 is 0.638 bits per heavy atom. The second-order valence-electron chi connectivity index (χ2n) is 13.6. The Bertz CT molecular complexity index is 2180. The Kier molecular flexibility index (Phi) is 6.65. The van der Waals surface area contributed by atoms with E-state index in [1.165, 1.54) is 78.3 Å². The zero-order chi connectivity index (χ0) is 33.5. The van der Waals surface area contributed by atoms with Crippen LogP contribution in [0.4, 0.5) is 10.0 Å². The molecule has 0 unspecified atom stereocenters. The molecule has 8 heteroatoms. The van der Waals surface area contributed by atoms with E-state index in [4.69, 9.17) is 22.4 Å². The summed E-state index contributed by atoms with van der Waals surface area (Å²) in [6.45, 7) is 20.8. The van der Waals surface area contributed by atoms with E-state index in [2.05, 4.69) is 92.8 Å². The van der Waals surface area contributed by atoms with E-state index in [9.17, 15) is 0 Å². The lowest BCUT2D eigenvalue weighted by atomic mass is 9.77. The smallest absolute Gasteiger partial charge is 0.350 e. The van der Waals surface area contributed by atoms with Crippen molar-refractivity contribution in [3.63, 3.8) is 0 Å². The van der Waals surface area contributed by atoms with Crippen molar-refractivity contribution in [1.29, 1.82) is 15.8 Å². The molecule has 2 heterocycles. The number of nitrogens with zero attached hydrogens (tertiary/aromatic N) is 6. The first-order valence-electron chi connectivity index (χ1n) is 15.1. The molecular weight excluding hydrogens is 617 g/mol. The maximum Gasteiger partial charge on any atom is 0.350 e. The van der Waals surface area contributed by atoms with Crippen molar-refractivity contribution in [3.05, 3.63) is 103 Å². The van der Waals surface area contributed by atoms with Crippen LogP contribution in [-0.4, -0.2) is 11.5 Å². The first-order chi connectivity index (χ1) is 22.3. The van der Waals surface area contributed by atoms with Crippen molar-refractivity contribution in [2.75, 3.05) is 0 Å². The van der Waals surface area contributed by atoms with Gasteiger partial charge in [-0.2, -0.15) is 10.5 Å². The highest BCUT2D eigenvalue weighted by Crippen LogP contribution is 2.58. The van der Waals surface area contributed by atoms with E-state index in [-0.39, 0.29) is 27.8 Å². The highest BCUT2D eigenvalue weighted by Gasteiger charge is 2.43. The van der Waals surface area contributed by atoms with Crippen LogP contribution in [0.2, 0.25) is 0 Å². The molecule has 0 saturated carbocycles. The largest absolute Gasteiger partial charge is 0.351 e. The van der Waals surface area contributed by atoms with Gasteiger partial charge in [-0.15, -0.1) is 11.3 Å². The molecule has 2 aromatic heterocycles. The molecule has 0 spiro atoms. The number of aliphatic imine (C=N–C) groups is 2. The van der Waals surface area contributed by atoms with Gasteiger partial charge >= 0.3 is 5.84 Å². The lowest BCUT2D eigenvalue weighted by molar-refractivity contribution is 0.655. The van der Waals surface area contributed by atoms with Gasteiger partial charge in [-0.3, -0.25) is 0 Å². The first-order valence-corrected chi connectivity index (χ1v) is 16.7. The van der Waals surface area contributed by atoms with Gasteiger partial charge in [-0.1, -0.05) is 64.4 Å². The van der Waals surface area contributed by atoms with Crippen LogP contribution in [0.3, 0.4) is 0 Å². The molecule has 0 saturated heterocycles. The number of thiophene rings is 2. The van der Waals surface area contributed by atoms with Crippen LogP contribution in [0.5, 0.6) is 0 Å². The summed E-state index contributed by atoms with van der Waals surface area (Å²) < 4.78 is 0. The second kappa shape index (κ2) is 10.3. The predicted molar refractivity (Wildman–Crippen MR) is 192 cm³/mol. The summed E-state index contributed by atoms with van der Waals surface area (Å²) in [5.74, 6) is -0.158. The van der Waals surface area contributed by atoms with Gasteiger partial charge < -0.3 is 4.85 Å². The maximum atomic E-state index is 9.16. The van der Waals surface area contributed by atoms with Crippen LogP contribution < -0.4 is 0 Å². The van der Waals surface area contributed by atoms with Crippen molar-refractivity contribution in [2.24, 2.45) is 9.98 Å². The molecule has 0 bridgehead atoms. The SMILES string of the molecule is [C-]#[N+]C(C#N)=Nc1ccc(C2=Cc3cc4c(cc3C2(C)C)-c2cc3c(cc2C4(C)C)C=C(c2ccc(N=C(C#N)C#N)s2)C3(C)C)s1. The summed E-state index contributed by atoms with van der Waals surface area (Å²) in [4.78, 5) is 13.8. The minimum absolute atomic E-state index is 0.143. The number of rotatable bonds is 4. The number of hydrogen-bond acceptors (Lipinski definition) is 7. The van der Waals surface area contributed by atoms with Crippen LogP contribution in [-0.2, 0) is 16.2 Å². The molecule has 4 aromatic rings. The number of hydrogen-bond donors (Lipinski definition) is 0. The molecule has 0 atom stereocenters. The molecule has 0 fully saturated rings. The Morgan fingerprint density at radius 3 is 1.53 bits per heavy atom. The van der Waals surface area contributed by atoms with Crippen LogP contribution in [0, 0.1) is 40.6 Å². The maximum absolute atomic E-state index is 9.16. The Labute approximate surface area is 282 Å². The molecule has 0 radical (unpaired) electrons. The lowest BCUT2D eigenvalue weighted by Crippen LogP contribution is -2.18. The molecule has 2 aromatic carbocycles. The van der Waals surface area contributed by atoms with Crippen LogP contribution >= 0.6 is 22.7 Å². The number of nitriles is 3. The van der Waals surface area contributed by atoms with Gasteiger partial charge in [-0.25, -0.2) is 10.3 Å². The standard InChI is InChI=1S/C39H28N6S2/c1-37(2)26-16-24-25-17-27-22(15-31(38(27,3)4)33-9-11-36(47-33)45-34(20-42)43-7)13-29(25)39(5,6)28(24)12-21(26)14-30(37)32-8-10-35(46-32)44-23(18-40)19-41/h8-17H,1-6H3. The minimum Gasteiger partial charge on any atom is -0.351 e. The van der Waals surface area contributed by atoms with Crippen molar-refractivity contribution in [2.45, 2.75) is 57.8 Å². The first kappa shape index (κ1) is 30.3. The normalized spacial score (nSPS) is 17.1. The molecule has 6 nitrogen and oxygen atoms in total. The van der Waals surface area contributed by atoms with Crippen molar-refractivity contribution < 1.29 is 0 Å². The van der Waals surface area contributed by atoms with Gasteiger partial charge in [0.15, 0.2) is 0 Å². The van der Waals surface area contributed by atoms with E-state index in [1.807, 2.05) is 42.5 Å². The molecule has 7 rings (SSSR count). The number of allylic oxidation sites excluding steroid dienone is 2. The third kappa shape index (κ3) is 4.45. The summed E-state index contributed by atoms with van der Waals surface area (Å²) in [7, 11) is 0. The van der Waals surface area contributed by atoms with Crippen LogP contribution in [0.15, 0.2) is 58.5 Å². The molecular formula is C39H28N6S2. The van der Waals surface area contributed by atoms with Gasteiger partial charge in [0.2, 0.25) is 10.7 Å². The van der Waals surface area contributed by atoms with E-state index in [0.717, 1.165) is 9.75 Å². The average molecular weight is 645 g/mol. The summed E-state index contributed by atoms with van der Waals surface area (Å²) >= 11 is 3.01. The topological polar surface area (TPSA) is 100 Å². The predicted octanol–water partition coefficient (Wildman–Crippen LogP) is 10.4. The van der Waals surface area contributed by atoms with Crippen LogP contribution in [0.1, 0.15) is 84.7 Å². The lowest BCUT2D eigenvalue weighted by Gasteiger charge is -2.26. The number of amidine groups is 1. The molecule has 0 aliphatic heterocycles. The highest BCUT2D eigenvalue weighted by molar-refractivity contribution is 7.17. The van der Waals surface area contributed by atoms with Crippen LogP contribution in [0.25, 0.3) is 39.3 Å². The fourth-order valence-corrected chi connectivity index (χ4v) is 9.44. The van der Waals surface area contributed by atoms with E-state index < -0.39 is 0 Å². The second-order valence-corrected chi connectivity index (χ2v) is 15.7. The summed E-state index contributed by atoms with van der Waals surface area (Å²) in [5.41, 5.74) is 11.8. The monoisotopic (exact) mass is 644 g/mol. The fraction of sp³-hybridized carbons (Fsp3) is 0.231. The summed E-state index contributed by atoms with van der Waals surface area (Å²) in [5, 5.41) is 28.8. The Hall–Kier alpha value is -5.38. The van der Waals surface area contributed by atoms with Crippen molar-refractivity contribution in [3.8, 4) is 29.3 Å². The molecule has 47 heavy (non-hydrogen) atoms. The molecule has 0 amide bonds. The minimum atomic E-state index is -0.251. The van der Waals surface area contributed by atoms with E-state index in [0.29, 0.717) is 10.0 Å². The molecule has 3 aliphatic rings. The molecule has 3 aliphatic carbocycles. The summed E-state index contributed by atoms with van der Waals surface area (Å²) in [6, 6.07) is 22.9. The third-order valence-electron chi connectivity index (χ3n) is 9.88. The van der Waals surface area contributed by atoms with Gasteiger partial charge in [0.1, 0.15) is 23.2 Å². The van der Waals surface area contributed by atoms with Gasteiger partial charge in [-0.05, 0) is 116 Å². The van der Waals surface area contributed by atoms with Crippen molar-refractivity contribution >= 4 is 67.5 Å². The van der Waals surface area contributed by atoms with E-state index in [1.54, 1.807) is 0 Å². The van der Waals surface area contributed by atoms with Crippen molar-refractivity contribution in [1.82, 2.24) is 0 Å². The fourth-order valence-electron chi connectivity index (χ4n) is 7.33.